The average molecular weight is 278 g/mol. The molecule has 104 valence electrons. The van der Waals surface area contributed by atoms with Crippen LogP contribution in [0.5, 0.6) is 0 Å². The maximum atomic E-state index is 9.38. The fraction of sp³-hybridized carbons (Fsp3) is 0.533. The summed E-state index contributed by atoms with van der Waals surface area (Å²) >= 11 is 5.44. The zero-order valence-electron chi connectivity index (χ0n) is 11.2. The lowest BCUT2D eigenvalue weighted by atomic mass is 10.0. The lowest BCUT2D eigenvalue weighted by Crippen LogP contribution is -2.50. The molecule has 0 amide bonds. The Morgan fingerprint density at radius 1 is 1.32 bits per heavy atom. The molecule has 1 fully saturated rings. The zero-order valence-corrected chi connectivity index (χ0v) is 12.0. The predicted molar refractivity (Wildman–Crippen MR) is 82.2 cm³/mol. The van der Waals surface area contributed by atoms with Gasteiger partial charge in [0, 0.05) is 13.1 Å². The van der Waals surface area contributed by atoms with E-state index in [1.54, 1.807) is 0 Å². The SMILES string of the molecule is OC[C@@H]1CCCCN1C(=S)NCCc1ccccc1. The van der Waals surface area contributed by atoms with Crippen molar-refractivity contribution in [1.29, 1.82) is 0 Å². The summed E-state index contributed by atoms with van der Waals surface area (Å²) in [6, 6.07) is 10.6. The molecule has 2 rings (SSSR count). The van der Waals surface area contributed by atoms with Gasteiger partial charge in [-0.1, -0.05) is 30.3 Å². The van der Waals surface area contributed by atoms with Gasteiger partial charge in [0.2, 0.25) is 0 Å². The molecule has 1 aromatic rings. The molecule has 2 N–H and O–H groups in total. The number of aliphatic hydroxyl groups is 1. The van der Waals surface area contributed by atoms with Crippen molar-refractivity contribution >= 4 is 17.3 Å². The normalized spacial score (nSPS) is 19.2. The minimum absolute atomic E-state index is 0.195. The summed E-state index contributed by atoms with van der Waals surface area (Å²) in [5, 5.41) is 13.5. The molecule has 3 nitrogen and oxygen atoms in total. The topological polar surface area (TPSA) is 35.5 Å². The fourth-order valence-electron chi connectivity index (χ4n) is 2.52. The fourth-order valence-corrected chi connectivity index (χ4v) is 2.86. The average Bonchev–Trinajstić information content (AvgIpc) is 2.48. The third-order valence-corrected chi connectivity index (χ3v) is 4.01. The molecule has 1 saturated heterocycles. The summed E-state index contributed by atoms with van der Waals surface area (Å²) in [6.45, 7) is 2.00. The summed E-state index contributed by atoms with van der Waals surface area (Å²) in [4.78, 5) is 2.14. The molecule has 0 bridgehead atoms. The second kappa shape index (κ2) is 7.46. The smallest absolute Gasteiger partial charge is 0.169 e. The van der Waals surface area contributed by atoms with Crippen molar-refractivity contribution in [2.24, 2.45) is 0 Å². The van der Waals surface area contributed by atoms with Gasteiger partial charge in [-0.3, -0.25) is 0 Å². The molecule has 1 aliphatic heterocycles. The van der Waals surface area contributed by atoms with Crippen LogP contribution in [-0.2, 0) is 6.42 Å². The number of thiocarbonyl (C=S) groups is 1. The van der Waals surface area contributed by atoms with Crippen LogP contribution in [-0.4, -0.2) is 40.9 Å². The molecular formula is C15H22N2OS. The van der Waals surface area contributed by atoms with Crippen LogP contribution < -0.4 is 5.32 Å². The number of rotatable bonds is 4. The van der Waals surface area contributed by atoms with Gasteiger partial charge in [-0.15, -0.1) is 0 Å². The Balaban J connectivity index is 1.77. The minimum atomic E-state index is 0.195. The molecule has 0 aromatic heterocycles. The van der Waals surface area contributed by atoms with Crippen LogP contribution in [0.4, 0.5) is 0 Å². The van der Waals surface area contributed by atoms with E-state index in [9.17, 15) is 5.11 Å². The largest absolute Gasteiger partial charge is 0.394 e. The van der Waals surface area contributed by atoms with E-state index < -0.39 is 0 Å². The summed E-state index contributed by atoms with van der Waals surface area (Å²) in [7, 11) is 0. The van der Waals surface area contributed by atoms with Crippen LogP contribution in [0.2, 0.25) is 0 Å². The number of nitrogens with zero attached hydrogens (tertiary/aromatic N) is 1. The van der Waals surface area contributed by atoms with Crippen molar-refractivity contribution in [3.05, 3.63) is 35.9 Å². The van der Waals surface area contributed by atoms with Crippen molar-refractivity contribution in [3.8, 4) is 0 Å². The van der Waals surface area contributed by atoms with Crippen molar-refractivity contribution in [3.63, 3.8) is 0 Å². The number of likely N-dealkylation sites (tertiary alicyclic amines) is 1. The van der Waals surface area contributed by atoms with E-state index in [0.29, 0.717) is 0 Å². The number of hydrogen-bond acceptors (Lipinski definition) is 2. The van der Waals surface area contributed by atoms with E-state index in [0.717, 1.165) is 37.5 Å². The lowest BCUT2D eigenvalue weighted by molar-refractivity contribution is 0.146. The van der Waals surface area contributed by atoms with Crippen LogP contribution in [0.15, 0.2) is 30.3 Å². The maximum Gasteiger partial charge on any atom is 0.169 e. The van der Waals surface area contributed by atoms with Gasteiger partial charge in [0.25, 0.3) is 0 Å². The predicted octanol–water partition coefficient (Wildman–Crippen LogP) is 1.95. The summed E-state index contributed by atoms with van der Waals surface area (Å²) < 4.78 is 0. The first-order chi connectivity index (χ1) is 9.31. The summed E-state index contributed by atoms with van der Waals surface area (Å²) in [5.41, 5.74) is 1.31. The Morgan fingerprint density at radius 3 is 2.84 bits per heavy atom. The Labute approximate surface area is 120 Å². The van der Waals surface area contributed by atoms with Gasteiger partial charge in [0.1, 0.15) is 0 Å². The molecule has 19 heavy (non-hydrogen) atoms. The highest BCUT2D eigenvalue weighted by molar-refractivity contribution is 7.80. The highest BCUT2D eigenvalue weighted by Gasteiger charge is 2.23. The standard InChI is InChI=1S/C15H22N2OS/c18-12-14-8-4-5-11-17(14)15(19)16-10-9-13-6-2-1-3-7-13/h1-3,6-7,14,18H,4-5,8-12H2,(H,16,19)/t14-/m0/s1. The van der Waals surface area contributed by atoms with Gasteiger partial charge >= 0.3 is 0 Å². The van der Waals surface area contributed by atoms with E-state index in [1.165, 1.54) is 12.0 Å². The quantitative estimate of drug-likeness (QED) is 0.825. The Hall–Kier alpha value is -1.13. The molecule has 1 atom stereocenters. The van der Waals surface area contributed by atoms with E-state index >= 15 is 0 Å². The van der Waals surface area contributed by atoms with Crippen LogP contribution in [0.25, 0.3) is 0 Å². The third-order valence-electron chi connectivity index (χ3n) is 3.63. The van der Waals surface area contributed by atoms with Crippen molar-refractivity contribution in [2.75, 3.05) is 19.7 Å². The summed E-state index contributed by atoms with van der Waals surface area (Å²) in [5.74, 6) is 0. The van der Waals surface area contributed by atoms with Gasteiger partial charge < -0.3 is 15.3 Å². The molecule has 0 saturated carbocycles. The molecule has 0 spiro atoms. The molecule has 1 aromatic carbocycles. The highest BCUT2D eigenvalue weighted by Crippen LogP contribution is 2.16. The van der Waals surface area contributed by atoms with Gasteiger partial charge in [0.15, 0.2) is 5.11 Å². The zero-order chi connectivity index (χ0) is 13.5. The van der Waals surface area contributed by atoms with Crippen molar-refractivity contribution in [2.45, 2.75) is 31.7 Å². The molecule has 0 unspecified atom stereocenters. The van der Waals surface area contributed by atoms with Crippen LogP contribution >= 0.6 is 12.2 Å². The second-order valence-corrected chi connectivity index (χ2v) is 5.38. The molecule has 1 heterocycles. The number of nitrogens with one attached hydrogen (secondary N) is 1. The first kappa shape index (κ1) is 14.3. The van der Waals surface area contributed by atoms with Gasteiger partial charge in [-0.05, 0) is 43.5 Å². The minimum Gasteiger partial charge on any atom is -0.394 e. The first-order valence-corrected chi connectivity index (χ1v) is 7.41. The van der Waals surface area contributed by atoms with E-state index in [2.05, 4.69) is 34.5 Å². The lowest BCUT2D eigenvalue weighted by Gasteiger charge is -2.36. The molecule has 4 heteroatoms. The second-order valence-electron chi connectivity index (χ2n) is 4.99. The monoisotopic (exact) mass is 278 g/mol. The first-order valence-electron chi connectivity index (χ1n) is 7.00. The number of hydrogen-bond donors (Lipinski definition) is 2. The molecule has 1 aliphatic rings. The van der Waals surface area contributed by atoms with Crippen LogP contribution in [0.3, 0.4) is 0 Å². The molecular weight excluding hydrogens is 256 g/mol. The Kier molecular flexibility index (Phi) is 5.61. The van der Waals surface area contributed by atoms with E-state index in [4.69, 9.17) is 12.2 Å². The molecule has 0 aliphatic carbocycles. The number of piperidine rings is 1. The van der Waals surface area contributed by atoms with Gasteiger partial charge in [-0.25, -0.2) is 0 Å². The Bertz CT molecular complexity index is 396. The van der Waals surface area contributed by atoms with Gasteiger partial charge in [0.05, 0.1) is 12.6 Å². The van der Waals surface area contributed by atoms with E-state index in [1.807, 2.05) is 6.07 Å². The van der Waals surface area contributed by atoms with Gasteiger partial charge in [-0.2, -0.15) is 0 Å². The molecule has 0 radical (unpaired) electrons. The van der Waals surface area contributed by atoms with Crippen LogP contribution in [0, 0.1) is 0 Å². The number of benzene rings is 1. The third kappa shape index (κ3) is 4.18. The van der Waals surface area contributed by atoms with E-state index in [-0.39, 0.29) is 12.6 Å². The van der Waals surface area contributed by atoms with Crippen LogP contribution in [0.1, 0.15) is 24.8 Å². The van der Waals surface area contributed by atoms with Crippen molar-refractivity contribution < 1.29 is 5.11 Å². The van der Waals surface area contributed by atoms with Crippen molar-refractivity contribution in [1.82, 2.24) is 10.2 Å². The highest BCUT2D eigenvalue weighted by atomic mass is 32.1. The maximum absolute atomic E-state index is 9.38. The summed E-state index contributed by atoms with van der Waals surface area (Å²) in [6.07, 6.45) is 4.36. The number of aliphatic hydroxyl groups excluding tert-OH is 1. The Morgan fingerprint density at radius 2 is 2.11 bits per heavy atom.